The number of halogens is 1. The van der Waals surface area contributed by atoms with Crippen LogP contribution in [0.3, 0.4) is 0 Å². The fourth-order valence-corrected chi connectivity index (χ4v) is 2.33. The Kier molecular flexibility index (Phi) is 3.69. The van der Waals surface area contributed by atoms with Crippen LogP contribution in [0.4, 0.5) is 5.82 Å². The lowest BCUT2D eigenvalue weighted by Gasteiger charge is -2.21. The molecule has 0 spiro atoms. The molecule has 0 aliphatic rings. The van der Waals surface area contributed by atoms with Gasteiger partial charge in [-0.05, 0) is 23.1 Å². The van der Waals surface area contributed by atoms with Crippen LogP contribution < -0.4 is 10.5 Å². The Hall–Kier alpha value is -1.68. The van der Waals surface area contributed by atoms with E-state index in [9.17, 15) is 0 Å². The van der Waals surface area contributed by atoms with E-state index in [2.05, 4.69) is 31.9 Å². The number of nitrogens with zero attached hydrogens (tertiary/aromatic N) is 2. The van der Waals surface area contributed by atoms with Crippen molar-refractivity contribution in [2.45, 2.75) is 26.2 Å². The lowest BCUT2D eigenvalue weighted by molar-refractivity contribution is 0.416. The molecule has 0 saturated heterocycles. The predicted molar refractivity (Wildman–Crippen MR) is 83.3 cm³/mol. The van der Waals surface area contributed by atoms with Crippen LogP contribution in [-0.4, -0.2) is 16.9 Å². The summed E-state index contributed by atoms with van der Waals surface area (Å²) in [5.41, 5.74) is 8.59. The molecule has 20 heavy (non-hydrogen) atoms. The van der Waals surface area contributed by atoms with Gasteiger partial charge in [-0.25, -0.2) is 0 Å². The summed E-state index contributed by atoms with van der Waals surface area (Å²) in [5, 5.41) is 4.99. The first-order valence-electron chi connectivity index (χ1n) is 6.42. The van der Waals surface area contributed by atoms with Crippen molar-refractivity contribution in [3.8, 4) is 17.0 Å². The van der Waals surface area contributed by atoms with Gasteiger partial charge in [0.15, 0.2) is 0 Å². The molecule has 1 aromatic heterocycles. The van der Waals surface area contributed by atoms with Gasteiger partial charge in [0.25, 0.3) is 0 Å². The van der Waals surface area contributed by atoms with Crippen LogP contribution in [0.15, 0.2) is 18.2 Å². The van der Waals surface area contributed by atoms with Crippen molar-refractivity contribution in [3.63, 3.8) is 0 Å². The molecule has 108 valence electrons. The maximum absolute atomic E-state index is 6.35. The van der Waals surface area contributed by atoms with Crippen LogP contribution in [-0.2, 0) is 12.5 Å². The number of aromatic nitrogens is 2. The van der Waals surface area contributed by atoms with E-state index in [4.69, 9.17) is 22.1 Å². The van der Waals surface area contributed by atoms with E-state index in [0.29, 0.717) is 16.6 Å². The minimum atomic E-state index is -0.00894. The SMILES string of the molecule is COc1c(Cl)cc(C(C)(C)C)cc1-c1cc(N)n(C)n1. The summed E-state index contributed by atoms with van der Waals surface area (Å²) in [4.78, 5) is 0. The molecule has 1 heterocycles. The highest BCUT2D eigenvalue weighted by molar-refractivity contribution is 6.32. The van der Waals surface area contributed by atoms with Crippen molar-refractivity contribution in [2.75, 3.05) is 12.8 Å². The van der Waals surface area contributed by atoms with Crippen LogP contribution in [0.25, 0.3) is 11.3 Å². The number of ether oxygens (including phenoxy) is 1. The summed E-state index contributed by atoms with van der Waals surface area (Å²) in [5.74, 6) is 1.22. The van der Waals surface area contributed by atoms with Gasteiger partial charge in [-0.15, -0.1) is 0 Å². The third kappa shape index (κ3) is 2.61. The number of anilines is 1. The number of rotatable bonds is 2. The topological polar surface area (TPSA) is 53.1 Å². The molecule has 0 fully saturated rings. The van der Waals surface area contributed by atoms with E-state index in [0.717, 1.165) is 16.8 Å². The number of aryl methyl sites for hydroxylation is 1. The second-order valence-electron chi connectivity index (χ2n) is 5.87. The summed E-state index contributed by atoms with van der Waals surface area (Å²) >= 11 is 6.35. The third-order valence-corrected chi connectivity index (χ3v) is 3.59. The molecule has 4 nitrogen and oxygen atoms in total. The van der Waals surface area contributed by atoms with Crippen LogP contribution in [0.5, 0.6) is 5.75 Å². The Balaban J connectivity index is 2.69. The molecule has 5 heteroatoms. The normalized spacial score (nSPS) is 11.7. The fraction of sp³-hybridized carbons (Fsp3) is 0.400. The minimum absolute atomic E-state index is 0.00894. The molecular formula is C15H20ClN3O. The molecule has 0 atom stereocenters. The van der Waals surface area contributed by atoms with Gasteiger partial charge < -0.3 is 10.5 Å². The van der Waals surface area contributed by atoms with Gasteiger partial charge in [-0.1, -0.05) is 32.4 Å². The third-order valence-electron chi connectivity index (χ3n) is 3.31. The van der Waals surface area contributed by atoms with E-state index in [-0.39, 0.29) is 5.41 Å². The molecule has 0 saturated carbocycles. The van der Waals surface area contributed by atoms with E-state index >= 15 is 0 Å². The minimum Gasteiger partial charge on any atom is -0.494 e. The molecule has 2 aromatic rings. The van der Waals surface area contributed by atoms with Crippen LogP contribution in [0.2, 0.25) is 5.02 Å². The maximum atomic E-state index is 6.35. The number of methoxy groups -OCH3 is 1. The molecule has 0 radical (unpaired) electrons. The lowest BCUT2D eigenvalue weighted by atomic mass is 9.85. The molecule has 0 aliphatic heterocycles. The zero-order valence-corrected chi connectivity index (χ0v) is 13.2. The number of hydrogen-bond donors (Lipinski definition) is 1. The first-order chi connectivity index (χ1) is 9.24. The van der Waals surface area contributed by atoms with E-state index in [1.807, 2.05) is 12.1 Å². The molecule has 0 bridgehead atoms. The monoisotopic (exact) mass is 293 g/mol. The van der Waals surface area contributed by atoms with Gasteiger partial charge in [0.1, 0.15) is 11.6 Å². The smallest absolute Gasteiger partial charge is 0.146 e. The number of nitrogen functional groups attached to an aromatic ring is 1. The highest BCUT2D eigenvalue weighted by atomic mass is 35.5. The van der Waals surface area contributed by atoms with E-state index in [1.165, 1.54) is 0 Å². The highest BCUT2D eigenvalue weighted by Gasteiger charge is 2.21. The molecule has 0 aliphatic carbocycles. The molecule has 2 rings (SSSR count). The average Bonchev–Trinajstić information content (AvgIpc) is 2.67. The van der Waals surface area contributed by atoms with Gasteiger partial charge >= 0.3 is 0 Å². The Labute approximate surface area is 124 Å². The van der Waals surface area contributed by atoms with Crippen LogP contribution >= 0.6 is 11.6 Å². The van der Waals surface area contributed by atoms with Crippen LogP contribution in [0.1, 0.15) is 26.3 Å². The summed E-state index contributed by atoms with van der Waals surface area (Å²) in [7, 11) is 3.41. The predicted octanol–water partition coefficient (Wildman–Crippen LogP) is 3.63. The van der Waals surface area contributed by atoms with Crippen molar-refractivity contribution < 1.29 is 4.74 Å². The largest absolute Gasteiger partial charge is 0.494 e. The van der Waals surface area contributed by atoms with E-state index < -0.39 is 0 Å². The fourth-order valence-electron chi connectivity index (χ4n) is 2.04. The average molecular weight is 294 g/mol. The number of nitrogens with two attached hydrogens (primary N) is 1. The van der Waals surface area contributed by atoms with Crippen molar-refractivity contribution >= 4 is 17.4 Å². The molecular weight excluding hydrogens is 274 g/mol. The van der Waals surface area contributed by atoms with Crippen LogP contribution in [0, 0.1) is 0 Å². The Morgan fingerprint density at radius 1 is 1.25 bits per heavy atom. The zero-order chi connectivity index (χ0) is 15.1. The van der Waals surface area contributed by atoms with E-state index in [1.54, 1.807) is 18.8 Å². The molecule has 1 aromatic carbocycles. The lowest BCUT2D eigenvalue weighted by Crippen LogP contribution is -2.11. The molecule has 2 N–H and O–H groups in total. The van der Waals surface area contributed by atoms with Crippen molar-refractivity contribution in [2.24, 2.45) is 7.05 Å². The van der Waals surface area contributed by atoms with Gasteiger partial charge in [0.05, 0.1) is 17.8 Å². The summed E-state index contributed by atoms with van der Waals surface area (Å²) in [6, 6.07) is 5.82. The molecule has 0 amide bonds. The second-order valence-corrected chi connectivity index (χ2v) is 6.27. The Bertz CT molecular complexity index is 622. The quantitative estimate of drug-likeness (QED) is 0.920. The zero-order valence-electron chi connectivity index (χ0n) is 12.5. The standard InChI is InChI=1S/C15H20ClN3O/c1-15(2,3)9-6-10(14(20-5)11(16)7-9)12-8-13(17)19(4)18-12/h6-8H,17H2,1-5H3. The number of benzene rings is 1. The van der Waals surface area contributed by atoms with Gasteiger partial charge in [-0.2, -0.15) is 5.10 Å². The highest BCUT2D eigenvalue weighted by Crippen LogP contribution is 2.40. The van der Waals surface area contributed by atoms with Crippen molar-refractivity contribution in [1.82, 2.24) is 9.78 Å². The summed E-state index contributed by atoms with van der Waals surface area (Å²) in [6.07, 6.45) is 0. The molecule has 0 unspecified atom stereocenters. The van der Waals surface area contributed by atoms with Gasteiger partial charge in [-0.3, -0.25) is 4.68 Å². The first-order valence-corrected chi connectivity index (χ1v) is 6.79. The summed E-state index contributed by atoms with van der Waals surface area (Å²) in [6.45, 7) is 6.42. The van der Waals surface area contributed by atoms with Crippen molar-refractivity contribution in [3.05, 3.63) is 28.8 Å². The van der Waals surface area contributed by atoms with Gasteiger partial charge in [0.2, 0.25) is 0 Å². The summed E-state index contributed by atoms with van der Waals surface area (Å²) < 4.78 is 7.06. The van der Waals surface area contributed by atoms with Crippen molar-refractivity contribution in [1.29, 1.82) is 0 Å². The first kappa shape index (κ1) is 14.7. The number of hydrogen-bond acceptors (Lipinski definition) is 3. The maximum Gasteiger partial charge on any atom is 0.146 e. The second kappa shape index (κ2) is 5.02. The van der Waals surface area contributed by atoms with Gasteiger partial charge in [0, 0.05) is 18.7 Å². The Morgan fingerprint density at radius 2 is 1.90 bits per heavy atom. The Morgan fingerprint density at radius 3 is 2.35 bits per heavy atom.